The number of H-pyrrole nitrogens is 1. The second kappa shape index (κ2) is 9.80. The van der Waals surface area contributed by atoms with Crippen LogP contribution in [0.4, 0.5) is 4.39 Å². The highest BCUT2D eigenvalue weighted by molar-refractivity contribution is 8.16. The number of thioether (sulfide) groups is 2. The molecule has 2 N–H and O–H groups in total. The smallest absolute Gasteiger partial charge is 0.290 e. The number of hydrogen-bond acceptors (Lipinski definition) is 4. The zero-order chi connectivity index (χ0) is 19.9. The Hall–Kier alpha value is -2.25. The molecule has 2 heterocycles. The van der Waals surface area contributed by atoms with Crippen LogP contribution in [0.5, 0.6) is 0 Å². The molecule has 7 heteroatoms. The molecule has 1 aliphatic heterocycles. The van der Waals surface area contributed by atoms with Crippen LogP contribution in [-0.2, 0) is 11.2 Å². The van der Waals surface area contributed by atoms with E-state index in [0.29, 0.717) is 6.04 Å². The molecule has 2 aromatic carbocycles. The number of aryl methyl sites for hydroxylation is 1. The van der Waals surface area contributed by atoms with E-state index in [1.807, 2.05) is 29.6 Å². The second-order valence-corrected chi connectivity index (χ2v) is 8.57. The van der Waals surface area contributed by atoms with E-state index in [0.717, 1.165) is 34.5 Å². The van der Waals surface area contributed by atoms with Gasteiger partial charge in [-0.15, -0.1) is 23.5 Å². The number of nitrogens with one attached hydrogen (secondary N) is 1. The molecule has 0 bridgehead atoms. The highest BCUT2D eigenvalue weighted by atomic mass is 32.2. The summed E-state index contributed by atoms with van der Waals surface area (Å²) in [7, 11) is 0. The van der Waals surface area contributed by atoms with Gasteiger partial charge in [0, 0.05) is 34.0 Å². The van der Waals surface area contributed by atoms with Crippen LogP contribution in [0, 0.1) is 12.7 Å². The third-order valence-electron chi connectivity index (χ3n) is 4.25. The summed E-state index contributed by atoms with van der Waals surface area (Å²) >= 11 is 3.70. The fourth-order valence-corrected chi connectivity index (χ4v) is 4.96. The van der Waals surface area contributed by atoms with Gasteiger partial charge in [0.1, 0.15) is 5.82 Å². The van der Waals surface area contributed by atoms with Crippen LogP contribution in [0.2, 0.25) is 0 Å². The Balaban J connectivity index is 0.000000706. The summed E-state index contributed by atoms with van der Waals surface area (Å²) in [4.78, 5) is 17.8. The Morgan fingerprint density at radius 2 is 2.04 bits per heavy atom. The molecule has 28 heavy (non-hydrogen) atoms. The normalized spacial score (nSPS) is 15.8. The Kier molecular flexibility index (Phi) is 7.17. The van der Waals surface area contributed by atoms with Crippen molar-refractivity contribution in [1.82, 2.24) is 4.98 Å². The standard InChI is InChI=1S/C20H19FN2S2.CH2O2/c1-13-2-6-18(7-3-13)24-12-20-23-17(11-25-20)10-16-8-14-4-5-15(21)9-19(14)22-16;2-1-3/h2-9,17,22H,10-12H2,1H3;1H,(H,2,3). The predicted molar refractivity (Wildman–Crippen MR) is 116 cm³/mol. The average molecular weight is 417 g/mol. The summed E-state index contributed by atoms with van der Waals surface area (Å²) < 4.78 is 13.3. The van der Waals surface area contributed by atoms with Gasteiger partial charge in [-0.3, -0.25) is 9.79 Å². The lowest BCUT2D eigenvalue weighted by molar-refractivity contribution is -0.122. The van der Waals surface area contributed by atoms with Crippen LogP contribution in [0.1, 0.15) is 11.3 Å². The highest BCUT2D eigenvalue weighted by Gasteiger charge is 2.19. The lowest BCUT2D eigenvalue weighted by atomic mass is 10.2. The van der Waals surface area contributed by atoms with E-state index >= 15 is 0 Å². The van der Waals surface area contributed by atoms with Crippen LogP contribution in [0.15, 0.2) is 58.4 Å². The number of carboxylic acid groups (broad SMARTS) is 1. The van der Waals surface area contributed by atoms with Crippen molar-refractivity contribution in [2.75, 3.05) is 11.5 Å². The summed E-state index contributed by atoms with van der Waals surface area (Å²) in [6, 6.07) is 15.9. The number of rotatable bonds is 5. The van der Waals surface area contributed by atoms with E-state index < -0.39 is 0 Å². The van der Waals surface area contributed by atoms with Crippen molar-refractivity contribution in [1.29, 1.82) is 0 Å². The van der Waals surface area contributed by atoms with Crippen LogP contribution in [0.3, 0.4) is 0 Å². The quantitative estimate of drug-likeness (QED) is 0.445. The first-order valence-electron chi connectivity index (χ1n) is 8.81. The van der Waals surface area contributed by atoms with Crippen LogP contribution < -0.4 is 0 Å². The number of aliphatic imine (C=N–C) groups is 1. The molecule has 1 unspecified atom stereocenters. The molecule has 3 aromatic rings. The zero-order valence-electron chi connectivity index (χ0n) is 15.4. The van der Waals surface area contributed by atoms with E-state index in [4.69, 9.17) is 14.9 Å². The molecule has 0 fully saturated rings. The summed E-state index contributed by atoms with van der Waals surface area (Å²) in [6.45, 7) is 1.86. The van der Waals surface area contributed by atoms with Crippen molar-refractivity contribution in [3.63, 3.8) is 0 Å². The maximum Gasteiger partial charge on any atom is 0.290 e. The Morgan fingerprint density at radius 3 is 2.79 bits per heavy atom. The maximum atomic E-state index is 13.3. The number of aromatic nitrogens is 1. The van der Waals surface area contributed by atoms with E-state index in [9.17, 15) is 4.39 Å². The minimum Gasteiger partial charge on any atom is -0.483 e. The molecule has 0 amide bonds. The molecular weight excluding hydrogens is 395 g/mol. The predicted octanol–water partition coefficient (Wildman–Crippen LogP) is 5.16. The number of carbonyl (C=O) groups is 1. The summed E-state index contributed by atoms with van der Waals surface area (Å²) in [5.41, 5.74) is 3.28. The average Bonchev–Trinajstić information content (AvgIpc) is 3.28. The van der Waals surface area contributed by atoms with Gasteiger partial charge in [-0.25, -0.2) is 4.39 Å². The molecular formula is C21H21FN2O2S2. The Bertz CT molecular complexity index is 970. The molecule has 0 spiro atoms. The molecule has 1 aromatic heterocycles. The molecule has 1 aliphatic rings. The third-order valence-corrected chi connectivity index (χ3v) is 6.59. The number of hydrogen-bond donors (Lipinski definition) is 2. The van der Waals surface area contributed by atoms with Crippen LogP contribution in [0.25, 0.3) is 10.9 Å². The van der Waals surface area contributed by atoms with Gasteiger partial charge in [-0.2, -0.15) is 0 Å². The fraction of sp³-hybridized carbons (Fsp3) is 0.238. The fourth-order valence-electron chi connectivity index (χ4n) is 2.96. The van der Waals surface area contributed by atoms with Crippen molar-refractivity contribution >= 4 is 45.9 Å². The highest BCUT2D eigenvalue weighted by Crippen LogP contribution is 2.27. The lowest BCUT2D eigenvalue weighted by Gasteiger charge is -2.03. The number of halogens is 1. The number of fused-ring (bicyclic) bond motifs is 1. The van der Waals surface area contributed by atoms with Gasteiger partial charge < -0.3 is 10.1 Å². The van der Waals surface area contributed by atoms with Crippen molar-refractivity contribution in [3.8, 4) is 0 Å². The van der Waals surface area contributed by atoms with Gasteiger partial charge in [0.05, 0.1) is 11.1 Å². The second-order valence-electron chi connectivity index (χ2n) is 6.43. The Labute approximate surface area is 171 Å². The van der Waals surface area contributed by atoms with Gasteiger partial charge in [0.2, 0.25) is 0 Å². The van der Waals surface area contributed by atoms with Gasteiger partial charge >= 0.3 is 0 Å². The molecule has 0 aliphatic carbocycles. The van der Waals surface area contributed by atoms with Gasteiger partial charge in [0.15, 0.2) is 0 Å². The first kappa shape index (κ1) is 20.5. The molecule has 4 rings (SSSR count). The number of nitrogens with zero attached hydrogens (tertiary/aromatic N) is 1. The van der Waals surface area contributed by atoms with Crippen molar-refractivity contribution in [2.24, 2.45) is 4.99 Å². The van der Waals surface area contributed by atoms with E-state index in [-0.39, 0.29) is 12.3 Å². The summed E-state index contributed by atoms with van der Waals surface area (Å²) in [6.07, 6.45) is 0.877. The molecule has 0 radical (unpaired) electrons. The van der Waals surface area contributed by atoms with Crippen LogP contribution in [-0.4, -0.2) is 39.2 Å². The van der Waals surface area contributed by atoms with Crippen molar-refractivity contribution < 1.29 is 14.3 Å². The number of aromatic amines is 1. The third kappa shape index (κ3) is 5.62. The zero-order valence-corrected chi connectivity index (χ0v) is 17.0. The van der Waals surface area contributed by atoms with E-state index in [2.05, 4.69) is 42.2 Å². The summed E-state index contributed by atoms with van der Waals surface area (Å²) in [5, 5.41) is 9.17. The SMILES string of the molecule is Cc1ccc(SCC2=NC(Cc3cc4ccc(F)cc4[nH]3)CS2)cc1.O=CO. The minimum absolute atomic E-state index is 0.203. The molecule has 1 atom stereocenters. The molecule has 0 saturated carbocycles. The monoisotopic (exact) mass is 416 g/mol. The topological polar surface area (TPSA) is 65.5 Å². The first-order valence-corrected chi connectivity index (χ1v) is 10.8. The summed E-state index contributed by atoms with van der Waals surface area (Å²) in [5.74, 6) is 1.75. The minimum atomic E-state index is -0.250. The van der Waals surface area contributed by atoms with Crippen molar-refractivity contribution in [3.05, 3.63) is 65.6 Å². The first-order chi connectivity index (χ1) is 13.6. The Morgan fingerprint density at radius 1 is 1.29 bits per heavy atom. The molecule has 146 valence electrons. The largest absolute Gasteiger partial charge is 0.483 e. The molecule has 4 nitrogen and oxygen atoms in total. The lowest BCUT2D eigenvalue weighted by Crippen LogP contribution is -2.08. The van der Waals surface area contributed by atoms with E-state index in [1.165, 1.54) is 21.6 Å². The molecule has 0 saturated heterocycles. The number of benzene rings is 2. The maximum absolute atomic E-state index is 13.3. The van der Waals surface area contributed by atoms with E-state index in [1.54, 1.807) is 6.07 Å². The van der Waals surface area contributed by atoms with Crippen LogP contribution >= 0.6 is 23.5 Å². The van der Waals surface area contributed by atoms with Gasteiger partial charge in [0.25, 0.3) is 6.47 Å². The van der Waals surface area contributed by atoms with Gasteiger partial charge in [-0.05, 0) is 48.7 Å². The van der Waals surface area contributed by atoms with Gasteiger partial charge in [-0.1, -0.05) is 17.7 Å². The van der Waals surface area contributed by atoms with Crippen molar-refractivity contribution in [2.45, 2.75) is 24.3 Å².